The molecule has 1 amide bonds. The van der Waals surface area contributed by atoms with Crippen LogP contribution in [0.2, 0.25) is 0 Å². The maximum atomic E-state index is 11.7. The Balaban J connectivity index is 2.80. The highest BCUT2D eigenvalue weighted by molar-refractivity contribution is 5.94. The van der Waals surface area contributed by atoms with Gasteiger partial charge >= 0.3 is 0 Å². The van der Waals surface area contributed by atoms with Crippen LogP contribution in [0.1, 0.15) is 36.7 Å². The molecule has 1 N–H and O–H groups in total. The first-order chi connectivity index (χ1) is 6.92. The molecule has 0 heterocycles. The number of terminal acetylenes is 1. The van der Waals surface area contributed by atoms with Crippen LogP contribution in [-0.4, -0.2) is 11.4 Å². The lowest BCUT2D eigenvalue weighted by molar-refractivity contribution is 0.0919. The Morgan fingerprint density at radius 1 is 1.27 bits per heavy atom. The lowest BCUT2D eigenvalue weighted by atomic mass is 10.1. The number of hydrogen-bond acceptors (Lipinski definition) is 1. The molecule has 0 saturated heterocycles. The van der Waals surface area contributed by atoms with Crippen molar-refractivity contribution in [3.05, 3.63) is 35.4 Å². The zero-order valence-electron chi connectivity index (χ0n) is 9.29. The second kappa shape index (κ2) is 4.18. The summed E-state index contributed by atoms with van der Waals surface area (Å²) in [7, 11) is 0. The Hall–Kier alpha value is -1.75. The molecule has 1 aromatic rings. The van der Waals surface area contributed by atoms with Crippen molar-refractivity contribution >= 4 is 5.91 Å². The zero-order chi connectivity index (χ0) is 11.5. The molecular formula is C13H15NO. The van der Waals surface area contributed by atoms with Crippen molar-refractivity contribution in [2.45, 2.75) is 26.3 Å². The predicted molar refractivity (Wildman–Crippen MR) is 61.6 cm³/mol. The van der Waals surface area contributed by atoms with Crippen molar-refractivity contribution in [1.29, 1.82) is 0 Å². The molecule has 0 aliphatic rings. The summed E-state index contributed by atoms with van der Waals surface area (Å²) in [5.74, 6) is 2.43. The summed E-state index contributed by atoms with van der Waals surface area (Å²) in [4.78, 5) is 11.7. The molecule has 0 radical (unpaired) electrons. The highest BCUT2D eigenvalue weighted by atomic mass is 16.1. The van der Waals surface area contributed by atoms with Gasteiger partial charge in [-0.3, -0.25) is 4.79 Å². The molecule has 2 nitrogen and oxygen atoms in total. The molecule has 0 spiro atoms. The SMILES string of the molecule is C#Cc1ccc(C(=O)NC(C)(C)C)cc1. The highest BCUT2D eigenvalue weighted by Gasteiger charge is 2.14. The summed E-state index contributed by atoms with van der Waals surface area (Å²) in [6, 6.07) is 6.99. The van der Waals surface area contributed by atoms with Crippen LogP contribution in [0.15, 0.2) is 24.3 Å². The van der Waals surface area contributed by atoms with Crippen molar-refractivity contribution in [1.82, 2.24) is 5.32 Å². The molecule has 1 rings (SSSR count). The van der Waals surface area contributed by atoms with Crippen LogP contribution in [0.5, 0.6) is 0 Å². The number of rotatable bonds is 1. The fourth-order valence-corrected chi connectivity index (χ4v) is 1.13. The van der Waals surface area contributed by atoms with Crippen LogP contribution in [0, 0.1) is 12.3 Å². The van der Waals surface area contributed by atoms with Crippen LogP contribution in [0.4, 0.5) is 0 Å². The molecule has 78 valence electrons. The van der Waals surface area contributed by atoms with Crippen LogP contribution in [0.25, 0.3) is 0 Å². The fourth-order valence-electron chi connectivity index (χ4n) is 1.13. The Bertz CT molecular complexity index is 390. The van der Waals surface area contributed by atoms with E-state index in [1.165, 1.54) is 0 Å². The summed E-state index contributed by atoms with van der Waals surface area (Å²) < 4.78 is 0. The number of hydrogen-bond donors (Lipinski definition) is 1. The third kappa shape index (κ3) is 3.47. The van der Waals surface area contributed by atoms with E-state index in [2.05, 4.69) is 11.2 Å². The van der Waals surface area contributed by atoms with Crippen molar-refractivity contribution in [3.8, 4) is 12.3 Å². The van der Waals surface area contributed by atoms with Gasteiger partial charge in [0.15, 0.2) is 0 Å². The van der Waals surface area contributed by atoms with E-state index in [0.717, 1.165) is 5.56 Å². The molecule has 1 aromatic carbocycles. The third-order valence-corrected chi connectivity index (χ3v) is 1.80. The number of benzene rings is 1. The van der Waals surface area contributed by atoms with Crippen LogP contribution < -0.4 is 5.32 Å². The Morgan fingerprint density at radius 3 is 2.20 bits per heavy atom. The van der Waals surface area contributed by atoms with Gasteiger partial charge < -0.3 is 5.32 Å². The molecule has 0 saturated carbocycles. The molecule has 2 heteroatoms. The maximum Gasteiger partial charge on any atom is 0.251 e. The molecular weight excluding hydrogens is 186 g/mol. The van der Waals surface area contributed by atoms with Crippen LogP contribution in [-0.2, 0) is 0 Å². The molecule has 0 atom stereocenters. The van der Waals surface area contributed by atoms with Crippen molar-refractivity contribution < 1.29 is 4.79 Å². The molecule has 0 aliphatic heterocycles. The van der Waals surface area contributed by atoms with Crippen molar-refractivity contribution in [2.75, 3.05) is 0 Å². The average molecular weight is 201 g/mol. The largest absolute Gasteiger partial charge is 0.347 e. The summed E-state index contributed by atoms with van der Waals surface area (Å²) >= 11 is 0. The first kappa shape index (κ1) is 11.3. The van der Waals surface area contributed by atoms with Crippen molar-refractivity contribution in [2.24, 2.45) is 0 Å². The van der Waals surface area contributed by atoms with E-state index in [1.807, 2.05) is 20.8 Å². The normalized spacial score (nSPS) is 10.5. The standard InChI is InChI=1S/C13H15NO/c1-5-10-6-8-11(9-7-10)12(15)14-13(2,3)4/h1,6-9H,2-4H3,(H,14,15). The second-order valence-corrected chi connectivity index (χ2v) is 4.43. The second-order valence-electron chi connectivity index (χ2n) is 4.43. The number of carbonyl (C=O) groups is 1. The minimum absolute atomic E-state index is 0.0777. The average Bonchev–Trinajstić information content (AvgIpc) is 2.15. The smallest absolute Gasteiger partial charge is 0.251 e. The molecule has 15 heavy (non-hydrogen) atoms. The van der Waals surface area contributed by atoms with Gasteiger partial charge in [0, 0.05) is 16.7 Å². The van der Waals surface area contributed by atoms with Crippen LogP contribution >= 0.6 is 0 Å². The van der Waals surface area contributed by atoms with Gasteiger partial charge in [0.05, 0.1) is 0 Å². The van der Waals surface area contributed by atoms with Gasteiger partial charge in [-0.1, -0.05) is 5.92 Å². The molecule has 0 aromatic heterocycles. The third-order valence-electron chi connectivity index (χ3n) is 1.80. The summed E-state index contributed by atoms with van der Waals surface area (Å²) in [6.07, 6.45) is 5.23. The zero-order valence-corrected chi connectivity index (χ0v) is 9.29. The van der Waals surface area contributed by atoms with Gasteiger partial charge in [0.1, 0.15) is 0 Å². The monoisotopic (exact) mass is 201 g/mol. The van der Waals surface area contributed by atoms with E-state index in [-0.39, 0.29) is 11.4 Å². The van der Waals surface area contributed by atoms with Gasteiger partial charge in [-0.25, -0.2) is 0 Å². The molecule has 0 bridgehead atoms. The van der Waals surface area contributed by atoms with E-state index in [9.17, 15) is 4.79 Å². The van der Waals surface area contributed by atoms with Gasteiger partial charge in [-0.2, -0.15) is 0 Å². The van der Waals surface area contributed by atoms with E-state index in [1.54, 1.807) is 24.3 Å². The number of nitrogens with one attached hydrogen (secondary N) is 1. The summed E-state index contributed by atoms with van der Waals surface area (Å²) in [5, 5.41) is 2.88. The molecule has 0 unspecified atom stereocenters. The maximum absolute atomic E-state index is 11.7. The van der Waals surface area contributed by atoms with E-state index in [4.69, 9.17) is 6.42 Å². The summed E-state index contributed by atoms with van der Waals surface area (Å²) in [5.41, 5.74) is 1.19. The molecule has 0 aliphatic carbocycles. The minimum Gasteiger partial charge on any atom is -0.347 e. The van der Waals surface area contributed by atoms with Gasteiger partial charge in [0.25, 0.3) is 5.91 Å². The Morgan fingerprint density at radius 2 is 1.80 bits per heavy atom. The minimum atomic E-state index is -0.220. The van der Waals surface area contributed by atoms with Gasteiger partial charge in [-0.05, 0) is 45.0 Å². The lowest BCUT2D eigenvalue weighted by Gasteiger charge is -2.20. The van der Waals surface area contributed by atoms with E-state index < -0.39 is 0 Å². The molecule has 0 fully saturated rings. The number of amides is 1. The van der Waals surface area contributed by atoms with Gasteiger partial charge in [0.2, 0.25) is 0 Å². The lowest BCUT2D eigenvalue weighted by Crippen LogP contribution is -2.40. The fraction of sp³-hybridized carbons (Fsp3) is 0.308. The Kier molecular flexibility index (Phi) is 3.16. The van der Waals surface area contributed by atoms with Crippen molar-refractivity contribution in [3.63, 3.8) is 0 Å². The number of carbonyl (C=O) groups excluding carboxylic acids is 1. The first-order valence-corrected chi connectivity index (χ1v) is 4.81. The van der Waals surface area contributed by atoms with E-state index >= 15 is 0 Å². The predicted octanol–water partition coefficient (Wildman–Crippen LogP) is 2.20. The van der Waals surface area contributed by atoms with E-state index in [0.29, 0.717) is 5.56 Å². The first-order valence-electron chi connectivity index (χ1n) is 4.81. The topological polar surface area (TPSA) is 29.1 Å². The Labute approximate surface area is 90.7 Å². The van der Waals surface area contributed by atoms with Crippen LogP contribution in [0.3, 0.4) is 0 Å². The van der Waals surface area contributed by atoms with Gasteiger partial charge in [-0.15, -0.1) is 6.42 Å². The summed E-state index contributed by atoms with van der Waals surface area (Å²) in [6.45, 7) is 5.84. The quantitative estimate of drug-likeness (QED) is 0.693. The highest BCUT2D eigenvalue weighted by Crippen LogP contribution is 2.06.